The highest BCUT2D eigenvalue weighted by molar-refractivity contribution is 5.77. The van der Waals surface area contributed by atoms with Crippen LogP contribution < -0.4 is 10.1 Å². The Morgan fingerprint density at radius 3 is 2.39 bits per heavy atom. The molecule has 4 nitrogen and oxygen atoms in total. The van der Waals surface area contributed by atoms with Crippen molar-refractivity contribution in [1.29, 1.82) is 0 Å². The SMILES string of the molecule is CNC(=O)COc1ccc(Cc2ccc(O)c(C(C)C)c2F)c(C(C)(C)C)c1. The number of carbonyl (C=O) groups excluding carboxylic acids is 1. The van der Waals surface area contributed by atoms with E-state index in [-0.39, 0.29) is 35.4 Å². The van der Waals surface area contributed by atoms with Crippen LogP contribution in [0.15, 0.2) is 30.3 Å². The number of phenols is 1. The van der Waals surface area contributed by atoms with Gasteiger partial charge in [-0.15, -0.1) is 0 Å². The van der Waals surface area contributed by atoms with Crippen molar-refractivity contribution in [3.8, 4) is 11.5 Å². The minimum absolute atomic E-state index is 0.00903. The maximum atomic E-state index is 15.0. The first-order chi connectivity index (χ1) is 13.0. The number of nitrogens with one attached hydrogen (secondary N) is 1. The van der Waals surface area contributed by atoms with Gasteiger partial charge in [-0.1, -0.05) is 46.8 Å². The summed E-state index contributed by atoms with van der Waals surface area (Å²) in [4.78, 5) is 11.4. The number of hydrogen-bond acceptors (Lipinski definition) is 3. The molecule has 0 saturated carbocycles. The Balaban J connectivity index is 2.41. The average Bonchev–Trinajstić information content (AvgIpc) is 2.61. The van der Waals surface area contributed by atoms with E-state index in [0.717, 1.165) is 11.1 Å². The van der Waals surface area contributed by atoms with E-state index in [1.165, 1.54) is 0 Å². The van der Waals surface area contributed by atoms with Crippen molar-refractivity contribution >= 4 is 5.91 Å². The van der Waals surface area contributed by atoms with Crippen molar-refractivity contribution in [3.05, 3.63) is 58.4 Å². The molecule has 0 aliphatic heterocycles. The summed E-state index contributed by atoms with van der Waals surface area (Å²) in [6.07, 6.45) is 0.411. The Kier molecular flexibility index (Phi) is 6.70. The van der Waals surface area contributed by atoms with Gasteiger partial charge >= 0.3 is 0 Å². The molecule has 0 unspecified atom stereocenters. The maximum Gasteiger partial charge on any atom is 0.257 e. The van der Waals surface area contributed by atoms with Crippen LogP contribution in [0.2, 0.25) is 0 Å². The van der Waals surface area contributed by atoms with Gasteiger partial charge in [-0.25, -0.2) is 4.39 Å². The number of carbonyl (C=O) groups is 1. The van der Waals surface area contributed by atoms with Gasteiger partial charge in [0.25, 0.3) is 5.91 Å². The molecule has 0 saturated heterocycles. The van der Waals surface area contributed by atoms with Gasteiger partial charge in [0.15, 0.2) is 6.61 Å². The lowest BCUT2D eigenvalue weighted by Crippen LogP contribution is -2.25. The van der Waals surface area contributed by atoms with Gasteiger partial charge in [0.05, 0.1) is 0 Å². The Hall–Kier alpha value is -2.56. The summed E-state index contributed by atoms with van der Waals surface area (Å²) in [5.74, 6) is -0.0670. The van der Waals surface area contributed by atoms with Crippen LogP contribution in [0.3, 0.4) is 0 Å². The summed E-state index contributed by atoms with van der Waals surface area (Å²) in [5, 5.41) is 12.5. The zero-order valence-corrected chi connectivity index (χ0v) is 17.5. The smallest absolute Gasteiger partial charge is 0.257 e. The number of hydrogen-bond donors (Lipinski definition) is 2. The molecule has 2 aromatic rings. The van der Waals surface area contributed by atoms with E-state index >= 15 is 0 Å². The van der Waals surface area contributed by atoms with Crippen molar-refractivity contribution in [1.82, 2.24) is 5.32 Å². The fourth-order valence-corrected chi connectivity index (χ4v) is 3.24. The van der Waals surface area contributed by atoms with E-state index in [1.54, 1.807) is 25.2 Å². The molecule has 0 spiro atoms. The van der Waals surface area contributed by atoms with Crippen LogP contribution in [-0.4, -0.2) is 24.7 Å². The standard InChI is InChI=1S/C23H30FNO3/c1-14(2)21-19(26)10-8-16(22(21)24)11-15-7-9-17(28-13-20(27)25-6)12-18(15)23(3,4)5/h7-10,12,14,26H,11,13H2,1-6H3,(H,25,27). The second kappa shape index (κ2) is 8.63. The Morgan fingerprint density at radius 2 is 1.82 bits per heavy atom. The van der Waals surface area contributed by atoms with Crippen molar-refractivity contribution in [3.63, 3.8) is 0 Å². The molecule has 0 atom stereocenters. The Morgan fingerprint density at radius 1 is 1.18 bits per heavy atom. The molecule has 2 N–H and O–H groups in total. The third-order valence-electron chi connectivity index (χ3n) is 4.73. The summed E-state index contributed by atoms with van der Waals surface area (Å²) >= 11 is 0. The van der Waals surface area contributed by atoms with Crippen LogP contribution in [0, 0.1) is 5.82 Å². The number of halogens is 1. The highest BCUT2D eigenvalue weighted by atomic mass is 19.1. The summed E-state index contributed by atoms with van der Waals surface area (Å²) in [6.45, 7) is 9.93. The first-order valence-corrected chi connectivity index (χ1v) is 9.51. The number of phenolic OH excluding ortho intramolecular Hbond substituents is 1. The van der Waals surface area contributed by atoms with Gasteiger partial charge in [-0.05, 0) is 46.2 Å². The molecular weight excluding hydrogens is 357 g/mol. The zero-order chi connectivity index (χ0) is 21.1. The molecule has 152 valence electrons. The van der Waals surface area contributed by atoms with Gasteiger partial charge in [0.2, 0.25) is 0 Å². The maximum absolute atomic E-state index is 15.0. The van der Waals surface area contributed by atoms with Gasteiger partial charge < -0.3 is 15.2 Å². The summed E-state index contributed by atoms with van der Waals surface area (Å²) in [5.41, 5.74) is 2.72. The Labute approximate surface area is 166 Å². The van der Waals surface area contributed by atoms with Gasteiger partial charge in [-0.3, -0.25) is 4.79 Å². The lowest BCUT2D eigenvalue weighted by molar-refractivity contribution is -0.122. The normalized spacial score (nSPS) is 11.6. The number of aromatic hydroxyl groups is 1. The third-order valence-corrected chi connectivity index (χ3v) is 4.73. The van der Waals surface area contributed by atoms with Crippen LogP contribution >= 0.6 is 0 Å². The third kappa shape index (κ3) is 5.03. The van der Waals surface area contributed by atoms with Crippen LogP contribution in [0.4, 0.5) is 4.39 Å². The molecule has 2 rings (SSSR count). The van der Waals surface area contributed by atoms with E-state index in [4.69, 9.17) is 4.74 Å². The fraction of sp³-hybridized carbons (Fsp3) is 0.435. The topological polar surface area (TPSA) is 58.6 Å². The van der Waals surface area contributed by atoms with E-state index < -0.39 is 0 Å². The predicted octanol–water partition coefficient (Wildman–Crippen LogP) is 4.67. The van der Waals surface area contributed by atoms with Gasteiger partial charge in [-0.2, -0.15) is 0 Å². The number of likely N-dealkylation sites (N-methyl/N-ethyl adjacent to an activating group) is 1. The molecular formula is C23H30FNO3. The van der Waals surface area contributed by atoms with Gasteiger partial charge in [0, 0.05) is 19.0 Å². The second-order valence-electron chi connectivity index (χ2n) is 8.33. The summed E-state index contributed by atoms with van der Waals surface area (Å²) in [6, 6.07) is 8.83. The molecule has 0 bridgehead atoms. The highest BCUT2D eigenvalue weighted by Crippen LogP contribution is 2.34. The number of amides is 1. The predicted molar refractivity (Wildman–Crippen MR) is 110 cm³/mol. The summed E-state index contributed by atoms with van der Waals surface area (Å²) < 4.78 is 20.6. The second-order valence-corrected chi connectivity index (χ2v) is 8.33. The lowest BCUT2D eigenvalue weighted by atomic mass is 9.81. The van der Waals surface area contributed by atoms with Crippen LogP contribution in [0.25, 0.3) is 0 Å². The lowest BCUT2D eigenvalue weighted by Gasteiger charge is -2.24. The summed E-state index contributed by atoms with van der Waals surface area (Å²) in [7, 11) is 1.56. The van der Waals surface area contributed by atoms with E-state index in [1.807, 2.05) is 26.0 Å². The molecule has 28 heavy (non-hydrogen) atoms. The molecule has 1 amide bonds. The van der Waals surface area contributed by atoms with Crippen LogP contribution in [0.5, 0.6) is 11.5 Å². The van der Waals surface area contributed by atoms with Crippen molar-refractivity contribution in [2.24, 2.45) is 0 Å². The molecule has 0 aliphatic rings. The molecule has 0 aromatic heterocycles. The van der Waals surface area contributed by atoms with Crippen molar-refractivity contribution in [2.75, 3.05) is 13.7 Å². The van der Waals surface area contributed by atoms with Crippen molar-refractivity contribution < 1.29 is 19.0 Å². The first-order valence-electron chi connectivity index (χ1n) is 9.51. The minimum Gasteiger partial charge on any atom is -0.508 e. The van der Waals surface area contributed by atoms with E-state index in [0.29, 0.717) is 23.3 Å². The number of ether oxygens (including phenoxy) is 1. The van der Waals surface area contributed by atoms with Gasteiger partial charge in [0.1, 0.15) is 17.3 Å². The molecule has 5 heteroatoms. The van der Waals surface area contributed by atoms with E-state index in [2.05, 4.69) is 26.1 Å². The fourth-order valence-electron chi connectivity index (χ4n) is 3.24. The van der Waals surface area contributed by atoms with E-state index in [9.17, 15) is 14.3 Å². The molecule has 0 fully saturated rings. The average molecular weight is 387 g/mol. The number of rotatable bonds is 6. The molecule has 0 radical (unpaired) electrons. The monoisotopic (exact) mass is 387 g/mol. The van der Waals surface area contributed by atoms with Crippen LogP contribution in [-0.2, 0) is 16.6 Å². The molecule has 0 heterocycles. The largest absolute Gasteiger partial charge is 0.508 e. The zero-order valence-electron chi connectivity index (χ0n) is 17.5. The highest BCUT2D eigenvalue weighted by Gasteiger charge is 2.22. The number of benzene rings is 2. The van der Waals surface area contributed by atoms with Crippen LogP contribution in [0.1, 0.15) is 62.8 Å². The minimum atomic E-state index is -0.352. The Bertz CT molecular complexity index is 854. The first kappa shape index (κ1) is 21.7. The van der Waals surface area contributed by atoms with Crippen molar-refractivity contribution in [2.45, 2.75) is 52.4 Å². The quantitative estimate of drug-likeness (QED) is 0.757. The molecule has 2 aromatic carbocycles. The molecule has 0 aliphatic carbocycles.